The Morgan fingerprint density at radius 3 is 2.83 bits per heavy atom. The monoisotopic (exact) mass is 263 g/mol. The van der Waals surface area contributed by atoms with Gasteiger partial charge in [-0.2, -0.15) is 0 Å². The van der Waals surface area contributed by atoms with E-state index in [9.17, 15) is 4.79 Å². The summed E-state index contributed by atoms with van der Waals surface area (Å²) in [5, 5.41) is 4.90. The number of amides is 1. The minimum absolute atomic E-state index is 0.256. The molecule has 0 aliphatic heterocycles. The molecule has 1 aromatic carbocycles. The van der Waals surface area contributed by atoms with Gasteiger partial charge in [0, 0.05) is 5.38 Å². The lowest BCUT2D eigenvalue weighted by molar-refractivity contribution is 0.139. The van der Waals surface area contributed by atoms with E-state index in [-0.39, 0.29) is 6.61 Å². The Hall–Kier alpha value is -2.08. The smallest absolute Gasteiger partial charge is 0.407 e. The Labute approximate surface area is 109 Å². The zero-order valence-electron chi connectivity index (χ0n) is 9.63. The summed E-state index contributed by atoms with van der Waals surface area (Å²) in [4.78, 5) is 15.4. The second-order valence-electron chi connectivity index (χ2n) is 3.59. The van der Waals surface area contributed by atoms with Gasteiger partial charge in [-0.1, -0.05) is 30.3 Å². The molecule has 0 spiro atoms. The maximum atomic E-state index is 11.4. The summed E-state index contributed by atoms with van der Waals surface area (Å²) in [5.74, 6) is 0. The van der Waals surface area contributed by atoms with E-state index in [0.29, 0.717) is 11.7 Å². The van der Waals surface area contributed by atoms with Gasteiger partial charge >= 0.3 is 6.09 Å². The maximum absolute atomic E-state index is 11.4. The fourth-order valence-corrected chi connectivity index (χ4v) is 1.90. The minimum atomic E-state index is -0.467. The SMILES string of the molecule is Nc1nc(CNC(=O)OCc2ccccc2)cs1. The molecule has 1 heterocycles. The first-order valence-electron chi connectivity index (χ1n) is 5.38. The van der Waals surface area contributed by atoms with Gasteiger partial charge in [-0.3, -0.25) is 0 Å². The van der Waals surface area contributed by atoms with Crippen molar-refractivity contribution in [2.75, 3.05) is 5.73 Å². The molecule has 5 nitrogen and oxygen atoms in total. The predicted molar refractivity (Wildman–Crippen MR) is 70.0 cm³/mol. The van der Waals surface area contributed by atoms with E-state index in [1.807, 2.05) is 30.3 Å². The van der Waals surface area contributed by atoms with E-state index in [0.717, 1.165) is 11.3 Å². The van der Waals surface area contributed by atoms with Crippen LogP contribution in [0.25, 0.3) is 0 Å². The number of anilines is 1. The number of thiazole rings is 1. The van der Waals surface area contributed by atoms with Crippen LogP contribution in [0.15, 0.2) is 35.7 Å². The second kappa shape index (κ2) is 6.02. The Balaban J connectivity index is 1.73. The molecule has 0 aliphatic rings. The Bertz CT molecular complexity index is 513. The highest BCUT2D eigenvalue weighted by Gasteiger charge is 2.04. The molecule has 2 aromatic rings. The molecular weight excluding hydrogens is 250 g/mol. The van der Waals surface area contributed by atoms with Gasteiger partial charge in [0.15, 0.2) is 5.13 Å². The van der Waals surface area contributed by atoms with Crippen LogP contribution in [0.4, 0.5) is 9.93 Å². The van der Waals surface area contributed by atoms with Gasteiger partial charge in [-0.25, -0.2) is 9.78 Å². The molecule has 94 valence electrons. The van der Waals surface area contributed by atoms with Crippen molar-refractivity contribution in [3.8, 4) is 0 Å². The van der Waals surface area contributed by atoms with E-state index >= 15 is 0 Å². The van der Waals surface area contributed by atoms with Crippen molar-refractivity contribution in [2.45, 2.75) is 13.2 Å². The highest BCUT2D eigenvalue weighted by atomic mass is 32.1. The quantitative estimate of drug-likeness (QED) is 0.886. The summed E-state index contributed by atoms with van der Waals surface area (Å²) in [5.41, 5.74) is 7.16. The molecule has 6 heteroatoms. The van der Waals surface area contributed by atoms with Crippen molar-refractivity contribution in [1.29, 1.82) is 0 Å². The highest BCUT2D eigenvalue weighted by molar-refractivity contribution is 7.13. The normalized spacial score (nSPS) is 10.0. The van der Waals surface area contributed by atoms with Gasteiger partial charge in [0.1, 0.15) is 6.61 Å². The largest absolute Gasteiger partial charge is 0.445 e. The molecule has 3 N–H and O–H groups in total. The molecule has 0 aliphatic carbocycles. The van der Waals surface area contributed by atoms with Crippen LogP contribution in [0.5, 0.6) is 0 Å². The number of nitrogens with zero attached hydrogens (tertiary/aromatic N) is 1. The van der Waals surface area contributed by atoms with Crippen molar-refractivity contribution >= 4 is 22.6 Å². The van der Waals surface area contributed by atoms with Gasteiger partial charge in [0.05, 0.1) is 12.2 Å². The molecule has 1 aromatic heterocycles. The van der Waals surface area contributed by atoms with Gasteiger partial charge < -0.3 is 15.8 Å². The van der Waals surface area contributed by atoms with E-state index in [4.69, 9.17) is 10.5 Å². The van der Waals surface area contributed by atoms with E-state index in [2.05, 4.69) is 10.3 Å². The molecule has 0 radical (unpaired) electrons. The van der Waals surface area contributed by atoms with Crippen molar-refractivity contribution in [3.63, 3.8) is 0 Å². The lowest BCUT2D eigenvalue weighted by Crippen LogP contribution is -2.23. The number of nitrogens with two attached hydrogens (primary N) is 1. The minimum Gasteiger partial charge on any atom is -0.445 e. The van der Waals surface area contributed by atoms with Crippen LogP contribution in [-0.2, 0) is 17.9 Å². The van der Waals surface area contributed by atoms with Crippen molar-refractivity contribution < 1.29 is 9.53 Å². The number of nitrogen functional groups attached to an aromatic ring is 1. The van der Waals surface area contributed by atoms with Crippen LogP contribution in [0.3, 0.4) is 0 Å². The Morgan fingerprint density at radius 1 is 1.39 bits per heavy atom. The number of hydrogen-bond acceptors (Lipinski definition) is 5. The van der Waals surface area contributed by atoms with E-state index in [1.165, 1.54) is 11.3 Å². The Morgan fingerprint density at radius 2 is 2.17 bits per heavy atom. The number of rotatable bonds is 4. The number of ether oxygens (including phenoxy) is 1. The summed E-state index contributed by atoms with van der Waals surface area (Å²) >= 11 is 1.34. The Kier molecular flexibility index (Phi) is 4.14. The number of carbonyl (C=O) groups excluding carboxylic acids is 1. The topological polar surface area (TPSA) is 77.2 Å². The summed E-state index contributed by atoms with van der Waals surface area (Å²) in [7, 11) is 0. The first kappa shape index (κ1) is 12.4. The third-order valence-electron chi connectivity index (χ3n) is 2.20. The van der Waals surface area contributed by atoms with Crippen LogP contribution in [0, 0.1) is 0 Å². The van der Waals surface area contributed by atoms with Crippen LogP contribution >= 0.6 is 11.3 Å². The lowest BCUT2D eigenvalue weighted by atomic mass is 10.2. The molecule has 0 bridgehead atoms. The molecule has 0 atom stereocenters. The van der Waals surface area contributed by atoms with Crippen LogP contribution in [0.1, 0.15) is 11.3 Å². The van der Waals surface area contributed by atoms with Gasteiger partial charge in [-0.15, -0.1) is 11.3 Å². The molecule has 0 saturated carbocycles. The molecule has 1 amide bonds. The zero-order valence-corrected chi connectivity index (χ0v) is 10.4. The summed E-state index contributed by atoms with van der Waals surface area (Å²) in [6.45, 7) is 0.577. The summed E-state index contributed by atoms with van der Waals surface area (Å²) in [6, 6.07) is 9.50. The molecule has 0 saturated heterocycles. The van der Waals surface area contributed by atoms with Crippen LogP contribution < -0.4 is 11.1 Å². The molecular formula is C12H13N3O2S. The predicted octanol–water partition coefficient (Wildman–Crippen LogP) is 2.15. The average Bonchev–Trinajstić information content (AvgIpc) is 2.81. The maximum Gasteiger partial charge on any atom is 0.407 e. The van der Waals surface area contributed by atoms with Crippen molar-refractivity contribution in [2.24, 2.45) is 0 Å². The molecule has 18 heavy (non-hydrogen) atoms. The average molecular weight is 263 g/mol. The van der Waals surface area contributed by atoms with Crippen LogP contribution in [-0.4, -0.2) is 11.1 Å². The lowest BCUT2D eigenvalue weighted by Gasteiger charge is -2.05. The fourth-order valence-electron chi connectivity index (χ4n) is 1.34. The summed E-state index contributed by atoms with van der Waals surface area (Å²) < 4.78 is 5.05. The van der Waals surface area contributed by atoms with Gasteiger partial charge in [-0.05, 0) is 5.56 Å². The molecule has 0 fully saturated rings. The van der Waals surface area contributed by atoms with Gasteiger partial charge in [0.25, 0.3) is 0 Å². The molecule has 2 rings (SSSR count). The first-order chi connectivity index (χ1) is 8.74. The number of benzene rings is 1. The molecule has 0 unspecified atom stereocenters. The standard InChI is InChI=1S/C12H13N3O2S/c13-11-15-10(8-18-11)6-14-12(16)17-7-9-4-2-1-3-5-9/h1-5,8H,6-7H2,(H2,13,15)(H,14,16). The number of alkyl carbamates (subject to hydrolysis) is 1. The first-order valence-corrected chi connectivity index (χ1v) is 6.26. The summed E-state index contributed by atoms with van der Waals surface area (Å²) in [6.07, 6.45) is -0.467. The fraction of sp³-hybridized carbons (Fsp3) is 0.167. The third-order valence-corrected chi connectivity index (χ3v) is 2.92. The number of aromatic nitrogens is 1. The van der Waals surface area contributed by atoms with E-state index < -0.39 is 6.09 Å². The van der Waals surface area contributed by atoms with Crippen molar-refractivity contribution in [3.05, 3.63) is 47.0 Å². The third kappa shape index (κ3) is 3.74. The van der Waals surface area contributed by atoms with Crippen LogP contribution in [0.2, 0.25) is 0 Å². The van der Waals surface area contributed by atoms with Crippen molar-refractivity contribution in [1.82, 2.24) is 10.3 Å². The van der Waals surface area contributed by atoms with Gasteiger partial charge in [0.2, 0.25) is 0 Å². The zero-order chi connectivity index (χ0) is 12.8. The second-order valence-corrected chi connectivity index (χ2v) is 4.48. The highest BCUT2D eigenvalue weighted by Crippen LogP contribution is 2.10. The number of hydrogen-bond donors (Lipinski definition) is 2. The number of nitrogens with one attached hydrogen (secondary N) is 1. The number of carbonyl (C=O) groups is 1. The van der Waals surface area contributed by atoms with E-state index in [1.54, 1.807) is 5.38 Å².